The van der Waals surface area contributed by atoms with Crippen molar-refractivity contribution in [1.29, 1.82) is 0 Å². The molecule has 1 atom stereocenters. The Hall–Kier alpha value is -3.37. The second-order valence-electron chi connectivity index (χ2n) is 7.18. The molecule has 0 aliphatic carbocycles. The molecule has 0 bridgehead atoms. The molecule has 2 aromatic carbocycles. The Morgan fingerprint density at radius 1 is 1.29 bits per heavy atom. The van der Waals surface area contributed by atoms with Crippen LogP contribution in [0.4, 0.5) is 0 Å². The lowest BCUT2D eigenvalue weighted by Gasteiger charge is -2.32. The molecule has 0 spiro atoms. The summed E-state index contributed by atoms with van der Waals surface area (Å²) in [6.45, 7) is 3.27. The number of methoxy groups -OCH3 is 1. The molecule has 2 aliphatic heterocycles. The minimum atomic E-state index is -0.409. The maximum Gasteiger partial charge on any atom is 0.341 e. The number of hydrogen-bond donors (Lipinski definition) is 0. The zero-order valence-electron chi connectivity index (χ0n) is 17.9. The van der Waals surface area contributed by atoms with Crippen molar-refractivity contribution in [2.45, 2.75) is 19.4 Å². The van der Waals surface area contributed by atoms with Crippen LogP contribution in [-0.4, -0.2) is 51.6 Å². The molecule has 0 amide bonds. The number of fused-ring (bicyclic) bond motifs is 2. The van der Waals surface area contributed by atoms with Gasteiger partial charge in [-0.05, 0) is 44.2 Å². The fourth-order valence-corrected chi connectivity index (χ4v) is 3.84. The number of para-hydroxylation sites is 1. The molecular formula is C24H25NO6. The van der Waals surface area contributed by atoms with Gasteiger partial charge in [0.1, 0.15) is 24.0 Å². The zero-order chi connectivity index (χ0) is 21.8. The van der Waals surface area contributed by atoms with E-state index in [2.05, 4.69) is 16.7 Å². The molecule has 0 saturated heterocycles. The van der Waals surface area contributed by atoms with Gasteiger partial charge in [-0.3, -0.25) is 4.90 Å². The highest BCUT2D eigenvalue weighted by Crippen LogP contribution is 2.49. The molecule has 0 N–H and O–H groups in total. The second kappa shape index (κ2) is 9.19. The number of likely N-dealkylation sites (N-methyl/N-ethyl adjacent to an activating group) is 1. The highest BCUT2D eigenvalue weighted by Gasteiger charge is 2.33. The average Bonchev–Trinajstić information content (AvgIpc) is 3.25. The lowest BCUT2D eigenvalue weighted by molar-refractivity contribution is 0.0522. The third-order valence-corrected chi connectivity index (χ3v) is 5.32. The van der Waals surface area contributed by atoms with Gasteiger partial charge in [0.05, 0.1) is 13.7 Å². The van der Waals surface area contributed by atoms with E-state index in [9.17, 15) is 4.79 Å². The van der Waals surface area contributed by atoms with Crippen LogP contribution < -0.4 is 18.9 Å². The van der Waals surface area contributed by atoms with E-state index in [1.54, 1.807) is 32.2 Å². The van der Waals surface area contributed by atoms with E-state index < -0.39 is 5.97 Å². The summed E-state index contributed by atoms with van der Waals surface area (Å²) in [5.74, 6) is 8.45. The Labute approximate surface area is 181 Å². The topological polar surface area (TPSA) is 66.5 Å². The summed E-state index contributed by atoms with van der Waals surface area (Å²) < 4.78 is 27.7. The molecule has 4 rings (SSSR count). The summed E-state index contributed by atoms with van der Waals surface area (Å²) in [4.78, 5) is 14.3. The summed E-state index contributed by atoms with van der Waals surface area (Å²) >= 11 is 0. The molecule has 7 heteroatoms. The van der Waals surface area contributed by atoms with Crippen molar-refractivity contribution < 1.29 is 28.5 Å². The highest BCUT2D eigenvalue weighted by atomic mass is 16.7. The maximum absolute atomic E-state index is 12.1. The van der Waals surface area contributed by atoms with Gasteiger partial charge in [-0.2, -0.15) is 0 Å². The van der Waals surface area contributed by atoms with E-state index in [1.807, 2.05) is 19.2 Å². The second-order valence-corrected chi connectivity index (χ2v) is 7.18. The first kappa shape index (κ1) is 20.9. The fraction of sp³-hybridized carbons (Fsp3) is 0.375. The Morgan fingerprint density at radius 3 is 2.94 bits per heavy atom. The van der Waals surface area contributed by atoms with E-state index in [0.29, 0.717) is 35.2 Å². The van der Waals surface area contributed by atoms with E-state index in [-0.39, 0.29) is 19.4 Å². The highest BCUT2D eigenvalue weighted by molar-refractivity contribution is 5.92. The Bertz CT molecular complexity index is 1040. The van der Waals surface area contributed by atoms with Crippen molar-refractivity contribution in [2.75, 3.05) is 40.7 Å². The lowest BCUT2D eigenvalue weighted by Crippen LogP contribution is -2.31. The van der Waals surface area contributed by atoms with Crippen LogP contribution in [0.3, 0.4) is 0 Å². The first-order valence-corrected chi connectivity index (χ1v) is 10.2. The molecule has 0 fully saturated rings. The van der Waals surface area contributed by atoms with Crippen LogP contribution in [0.15, 0.2) is 30.3 Å². The molecule has 7 nitrogen and oxygen atoms in total. The Balaban J connectivity index is 1.56. The largest absolute Gasteiger partial charge is 0.492 e. The number of rotatable bonds is 5. The summed E-state index contributed by atoms with van der Waals surface area (Å²) in [5, 5.41) is 0. The quantitative estimate of drug-likeness (QED) is 0.540. The molecule has 162 valence electrons. The van der Waals surface area contributed by atoms with Gasteiger partial charge >= 0.3 is 5.97 Å². The molecule has 0 saturated carbocycles. The van der Waals surface area contributed by atoms with Crippen LogP contribution in [0.2, 0.25) is 0 Å². The predicted molar refractivity (Wildman–Crippen MR) is 114 cm³/mol. The van der Waals surface area contributed by atoms with Gasteiger partial charge < -0.3 is 23.7 Å². The van der Waals surface area contributed by atoms with E-state index in [1.165, 1.54) is 0 Å². The molecule has 31 heavy (non-hydrogen) atoms. The summed E-state index contributed by atoms with van der Waals surface area (Å²) in [7, 11) is 3.66. The van der Waals surface area contributed by atoms with Gasteiger partial charge in [0, 0.05) is 12.1 Å². The van der Waals surface area contributed by atoms with Crippen LogP contribution in [0.5, 0.6) is 23.0 Å². The monoisotopic (exact) mass is 423 g/mol. The molecule has 2 aromatic rings. The molecule has 2 aliphatic rings. The van der Waals surface area contributed by atoms with Crippen molar-refractivity contribution in [1.82, 2.24) is 4.90 Å². The van der Waals surface area contributed by atoms with Gasteiger partial charge in [-0.1, -0.05) is 24.0 Å². The number of ether oxygens (including phenoxy) is 5. The van der Waals surface area contributed by atoms with Crippen LogP contribution in [0.25, 0.3) is 0 Å². The van der Waals surface area contributed by atoms with Crippen molar-refractivity contribution in [2.24, 2.45) is 0 Å². The molecule has 0 aromatic heterocycles. The number of carbonyl (C=O) groups is 1. The molecule has 0 unspecified atom stereocenters. The fourth-order valence-electron chi connectivity index (χ4n) is 3.84. The first-order valence-electron chi connectivity index (χ1n) is 10.2. The number of hydrogen-bond acceptors (Lipinski definition) is 7. The number of benzene rings is 2. The number of carbonyl (C=O) groups excluding carboxylic acids is 1. The normalized spacial score (nSPS) is 16.7. The minimum absolute atomic E-state index is 0.142. The van der Waals surface area contributed by atoms with Gasteiger partial charge in [0.2, 0.25) is 12.5 Å². The summed E-state index contributed by atoms with van der Waals surface area (Å²) in [5.41, 5.74) is 2.53. The van der Waals surface area contributed by atoms with E-state index in [0.717, 1.165) is 24.1 Å². The third-order valence-electron chi connectivity index (χ3n) is 5.32. The molecule has 2 heterocycles. The van der Waals surface area contributed by atoms with Crippen molar-refractivity contribution >= 4 is 5.97 Å². The zero-order valence-corrected chi connectivity index (χ0v) is 17.9. The molecular weight excluding hydrogens is 398 g/mol. The van der Waals surface area contributed by atoms with Gasteiger partial charge in [-0.25, -0.2) is 4.79 Å². The maximum atomic E-state index is 12.1. The lowest BCUT2D eigenvalue weighted by atomic mass is 9.91. The van der Waals surface area contributed by atoms with Gasteiger partial charge in [0.25, 0.3) is 0 Å². The number of nitrogens with zero attached hydrogens (tertiary/aromatic N) is 1. The van der Waals surface area contributed by atoms with Crippen LogP contribution in [0.1, 0.15) is 34.5 Å². The first-order chi connectivity index (χ1) is 15.1. The molecule has 0 radical (unpaired) electrons. The third kappa shape index (κ3) is 4.12. The Morgan fingerprint density at radius 2 is 2.13 bits per heavy atom. The van der Waals surface area contributed by atoms with Crippen LogP contribution in [-0.2, 0) is 11.2 Å². The van der Waals surface area contributed by atoms with Crippen molar-refractivity contribution in [3.05, 3.63) is 47.0 Å². The van der Waals surface area contributed by atoms with E-state index in [4.69, 9.17) is 23.7 Å². The van der Waals surface area contributed by atoms with E-state index >= 15 is 0 Å². The van der Waals surface area contributed by atoms with Crippen molar-refractivity contribution in [3.8, 4) is 34.8 Å². The minimum Gasteiger partial charge on any atom is -0.492 e. The number of esters is 1. The van der Waals surface area contributed by atoms with Crippen LogP contribution >= 0.6 is 0 Å². The summed E-state index contributed by atoms with van der Waals surface area (Å²) in [6, 6.07) is 8.85. The van der Waals surface area contributed by atoms with Gasteiger partial charge in [-0.15, -0.1) is 0 Å². The SMILES string of the molecule is CCOC(=O)c1ccccc1OCC#C[C@@H]1c2c(cc3c(c2OC)OCO3)CCN1C. The van der Waals surface area contributed by atoms with Gasteiger partial charge in [0.15, 0.2) is 11.5 Å². The Kier molecular flexibility index (Phi) is 6.19. The standard InChI is InChI=1S/C24H25NO6/c1-4-28-24(26)17-8-5-6-10-19(17)29-13-7-9-18-21-16(11-12-25(18)2)14-20-22(23(21)27-3)31-15-30-20/h5-6,8,10,14,18H,4,11-13,15H2,1-3H3/t18-/m1/s1. The average molecular weight is 423 g/mol. The smallest absolute Gasteiger partial charge is 0.341 e. The predicted octanol–water partition coefficient (Wildman–Crippen LogP) is 3.21. The van der Waals surface area contributed by atoms with Crippen LogP contribution in [0, 0.1) is 11.8 Å². The summed E-state index contributed by atoms with van der Waals surface area (Å²) in [6.07, 6.45) is 0.875. The van der Waals surface area contributed by atoms with Crippen molar-refractivity contribution in [3.63, 3.8) is 0 Å².